The van der Waals surface area contributed by atoms with E-state index in [9.17, 15) is 0 Å². The predicted molar refractivity (Wildman–Crippen MR) is 81.9 cm³/mol. The monoisotopic (exact) mass is 273 g/mol. The van der Waals surface area contributed by atoms with Crippen LogP contribution in [0.15, 0.2) is 12.5 Å². The first-order chi connectivity index (χ1) is 9.54. The SMILES string of the molecule is CCCNc1nc(-c2cncn2C(C)C)nc(C)c1C. The highest BCUT2D eigenvalue weighted by atomic mass is 15.1. The molecule has 0 fully saturated rings. The number of anilines is 1. The summed E-state index contributed by atoms with van der Waals surface area (Å²) in [5, 5.41) is 3.37. The summed E-state index contributed by atoms with van der Waals surface area (Å²) < 4.78 is 2.09. The van der Waals surface area contributed by atoms with Gasteiger partial charge in [0.05, 0.1) is 12.5 Å². The van der Waals surface area contributed by atoms with Gasteiger partial charge in [0.25, 0.3) is 0 Å². The fourth-order valence-electron chi connectivity index (χ4n) is 2.05. The van der Waals surface area contributed by atoms with E-state index in [2.05, 4.69) is 52.5 Å². The number of nitrogens with one attached hydrogen (secondary N) is 1. The molecule has 0 saturated heterocycles. The van der Waals surface area contributed by atoms with E-state index in [-0.39, 0.29) is 0 Å². The van der Waals surface area contributed by atoms with E-state index in [0.717, 1.165) is 41.6 Å². The first kappa shape index (κ1) is 14.5. The predicted octanol–water partition coefficient (Wildman–Crippen LogP) is 3.36. The molecule has 0 aliphatic heterocycles. The largest absolute Gasteiger partial charge is 0.370 e. The topological polar surface area (TPSA) is 55.6 Å². The van der Waals surface area contributed by atoms with E-state index >= 15 is 0 Å². The summed E-state index contributed by atoms with van der Waals surface area (Å²) >= 11 is 0. The standard InChI is InChI=1S/C15H23N5/c1-6-7-17-14-11(4)12(5)18-15(19-14)13-8-16-9-20(13)10(2)3/h8-10H,6-7H2,1-5H3,(H,17,18,19). The zero-order chi connectivity index (χ0) is 14.7. The molecular weight excluding hydrogens is 250 g/mol. The molecule has 0 atom stereocenters. The van der Waals surface area contributed by atoms with Crippen LogP contribution in [0.25, 0.3) is 11.5 Å². The molecule has 0 bridgehead atoms. The molecule has 5 heteroatoms. The molecule has 2 aromatic heterocycles. The molecule has 0 spiro atoms. The summed E-state index contributed by atoms with van der Waals surface area (Å²) in [7, 11) is 0. The van der Waals surface area contributed by atoms with Gasteiger partial charge < -0.3 is 9.88 Å². The quantitative estimate of drug-likeness (QED) is 0.907. The summed E-state index contributed by atoms with van der Waals surface area (Å²) in [4.78, 5) is 13.5. The Balaban J connectivity index is 2.46. The molecule has 2 heterocycles. The summed E-state index contributed by atoms with van der Waals surface area (Å²) in [6.45, 7) is 11.4. The second kappa shape index (κ2) is 6.03. The fraction of sp³-hybridized carbons (Fsp3) is 0.533. The third kappa shape index (κ3) is 2.81. The van der Waals surface area contributed by atoms with Gasteiger partial charge in [-0.3, -0.25) is 0 Å². The second-order valence-corrected chi connectivity index (χ2v) is 5.31. The molecule has 0 aliphatic rings. The van der Waals surface area contributed by atoms with Crippen molar-refractivity contribution in [2.45, 2.75) is 47.1 Å². The van der Waals surface area contributed by atoms with Crippen LogP contribution in [0.2, 0.25) is 0 Å². The minimum Gasteiger partial charge on any atom is -0.370 e. The lowest BCUT2D eigenvalue weighted by molar-refractivity contribution is 0.603. The molecule has 108 valence electrons. The number of aromatic nitrogens is 4. The third-order valence-corrected chi connectivity index (χ3v) is 3.38. The zero-order valence-corrected chi connectivity index (χ0v) is 12.9. The molecule has 0 saturated carbocycles. The smallest absolute Gasteiger partial charge is 0.180 e. The Morgan fingerprint density at radius 3 is 2.65 bits per heavy atom. The summed E-state index contributed by atoms with van der Waals surface area (Å²) in [6.07, 6.45) is 4.73. The highest BCUT2D eigenvalue weighted by molar-refractivity contribution is 5.56. The fourth-order valence-corrected chi connectivity index (χ4v) is 2.05. The Morgan fingerprint density at radius 2 is 2.00 bits per heavy atom. The van der Waals surface area contributed by atoms with Gasteiger partial charge >= 0.3 is 0 Å². The lowest BCUT2D eigenvalue weighted by Gasteiger charge is -2.14. The van der Waals surface area contributed by atoms with Gasteiger partial charge in [-0.1, -0.05) is 6.92 Å². The lowest BCUT2D eigenvalue weighted by Crippen LogP contribution is -2.09. The molecule has 0 amide bonds. The molecular formula is C15H23N5. The van der Waals surface area contributed by atoms with E-state index < -0.39 is 0 Å². The first-order valence-corrected chi connectivity index (χ1v) is 7.15. The highest BCUT2D eigenvalue weighted by Crippen LogP contribution is 2.23. The maximum absolute atomic E-state index is 4.67. The van der Waals surface area contributed by atoms with Crippen molar-refractivity contribution in [1.82, 2.24) is 19.5 Å². The Morgan fingerprint density at radius 1 is 1.25 bits per heavy atom. The Hall–Kier alpha value is -1.91. The van der Waals surface area contributed by atoms with Gasteiger partial charge in [-0.25, -0.2) is 15.0 Å². The Kier molecular flexibility index (Phi) is 4.37. The maximum atomic E-state index is 4.67. The maximum Gasteiger partial charge on any atom is 0.180 e. The molecule has 0 unspecified atom stereocenters. The van der Waals surface area contributed by atoms with Gasteiger partial charge in [0.2, 0.25) is 0 Å². The summed E-state index contributed by atoms with van der Waals surface area (Å²) in [5.41, 5.74) is 3.07. The normalized spacial score (nSPS) is 11.1. The van der Waals surface area contributed by atoms with E-state index in [1.165, 1.54) is 0 Å². The van der Waals surface area contributed by atoms with E-state index in [4.69, 9.17) is 0 Å². The average Bonchev–Trinajstić information content (AvgIpc) is 2.89. The van der Waals surface area contributed by atoms with E-state index in [0.29, 0.717) is 6.04 Å². The van der Waals surface area contributed by atoms with Crippen LogP contribution in [-0.4, -0.2) is 26.1 Å². The van der Waals surface area contributed by atoms with Crippen molar-refractivity contribution < 1.29 is 0 Å². The second-order valence-electron chi connectivity index (χ2n) is 5.31. The Labute approximate surface area is 120 Å². The van der Waals surface area contributed by atoms with Crippen molar-refractivity contribution in [1.29, 1.82) is 0 Å². The van der Waals surface area contributed by atoms with Gasteiger partial charge in [0.1, 0.15) is 11.5 Å². The summed E-state index contributed by atoms with van der Waals surface area (Å²) in [5.74, 6) is 1.66. The van der Waals surface area contributed by atoms with Crippen molar-refractivity contribution in [2.24, 2.45) is 0 Å². The van der Waals surface area contributed by atoms with Crippen LogP contribution in [0, 0.1) is 13.8 Å². The van der Waals surface area contributed by atoms with Crippen LogP contribution in [-0.2, 0) is 0 Å². The van der Waals surface area contributed by atoms with E-state index in [1.54, 1.807) is 0 Å². The average molecular weight is 273 g/mol. The van der Waals surface area contributed by atoms with Crippen LogP contribution in [0.3, 0.4) is 0 Å². The minimum atomic E-state index is 0.338. The number of hydrogen-bond donors (Lipinski definition) is 1. The molecule has 0 aliphatic carbocycles. The molecule has 2 aromatic rings. The molecule has 1 N–H and O–H groups in total. The van der Waals surface area contributed by atoms with Crippen molar-refractivity contribution in [3.8, 4) is 11.5 Å². The van der Waals surface area contributed by atoms with Crippen LogP contribution in [0.4, 0.5) is 5.82 Å². The first-order valence-electron chi connectivity index (χ1n) is 7.15. The molecule has 0 aromatic carbocycles. The van der Waals surface area contributed by atoms with Crippen molar-refractivity contribution in [3.05, 3.63) is 23.8 Å². The number of imidazole rings is 1. The number of aryl methyl sites for hydroxylation is 1. The minimum absolute atomic E-state index is 0.338. The van der Waals surface area contributed by atoms with Gasteiger partial charge in [-0.2, -0.15) is 0 Å². The Bertz CT molecular complexity index is 586. The number of nitrogens with zero attached hydrogens (tertiary/aromatic N) is 4. The van der Waals surface area contributed by atoms with E-state index in [1.807, 2.05) is 19.4 Å². The summed E-state index contributed by atoms with van der Waals surface area (Å²) in [6, 6.07) is 0.338. The number of rotatable bonds is 5. The number of hydrogen-bond acceptors (Lipinski definition) is 4. The van der Waals surface area contributed by atoms with Crippen molar-refractivity contribution in [2.75, 3.05) is 11.9 Å². The third-order valence-electron chi connectivity index (χ3n) is 3.38. The van der Waals surface area contributed by atoms with Crippen molar-refractivity contribution >= 4 is 5.82 Å². The van der Waals surface area contributed by atoms with Crippen LogP contribution < -0.4 is 5.32 Å². The van der Waals surface area contributed by atoms with Crippen LogP contribution >= 0.6 is 0 Å². The van der Waals surface area contributed by atoms with Gasteiger partial charge in [0, 0.05) is 23.8 Å². The lowest BCUT2D eigenvalue weighted by atomic mass is 10.2. The van der Waals surface area contributed by atoms with Gasteiger partial charge in [0.15, 0.2) is 5.82 Å². The molecule has 5 nitrogen and oxygen atoms in total. The van der Waals surface area contributed by atoms with Crippen LogP contribution in [0.5, 0.6) is 0 Å². The van der Waals surface area contributed by atoms with Crippen LogP contribution in [0.1, 0.15) is 44.5 Å². The van der Waals surface area contributed by atoms with Gasteiger partial charge in [-0.15, -0.1) is 0 Å². The van der Waals surface area contributed by atoms with Crippen molar-refractivity contribution in [3.63, 3.8) is 0 Å². The van der Waals surface area contributed by atoms with Gasteiger partial charge in [-0.05, 0) is 34.1 Å². The highest BCUT2D eigenvalue weighted by Gasteiger charge is 2.14. The molecule has 20 heavy (non-hydrogen) atoms. The molecule has 0 radical (unpaired) electrons. The molecule has 2 rings (SSSR count). The zero-order valence-electron chi connectivity index (χ0n) is 12.9.